The van der Waals surface area contributed by atoms with Crippen LogP contribution >= 0.6 is 0 Å². The number of hydrogen-bond donors (Lipinski definition) is 0. The van der Waals surface area contributed by atoms with Gasteiger partial charge < -0.3 is 4.42 Å². The van der Waals surface area contributed by atoms with E-state index in [1.807, 2.05) is 32.0 Å². The second kappa shape index (κ2) is 6.12. The molecule has 0 fully saturated rings. The number of para-hydroxylation sites is 1. The molecule has 0 aliphatic carbocycles. The number of fused-ring (bicyclic) bond motifs is 1. The van der Waals surface area contributed by atoms with Gasteiger partial charge in [0.25, 0.3) is 5.91 Å². The Bertz CT molecular complexity index is 1090. The fourth-order valence-corrected chi connectivity index (χ4v) is 2.44. The number of hydrogen-bond acceptors (Lipinski definition) is 4. The summed E-state index contributed by atoms with van der Waals surface area (Å²) in [6.07, 6.45) is 2.92. The zero-order valence-corrected chi connectivity index (χ0v) is 13.3. The van der Waals surface area contributed by atoms with Gasteiger partial charge in [0.15, 0.2) is 0 Å². The zero-order valence-electron chi connectivity index (χ0n) is 13.3. The van der Waals surface area contributed by atoms with E-state index in [1.54, 1.807) is 18.2 Å². The Morgan fingerprint density at radius 3 is 2.54 bits per heavy atom. The highest BCUT2D eigenvalue weighted by Gasteiger charge is 2.13. The van der Waals surface area contributed by atoms with E-state index in [1.165, 1.54) is 18.2 Å². The van der Waals surface area contributed by atoms with E-state index in [2.05, 4.69) is 4.42 Å². The molecule has 1 heterocycles. The molecule has 0 bridgehead atoms. The molecule has 120 valence electrons. The Kier molecular flexibility index (Phi) is 4.00. The summed E-state index contributed by atoms with van der Waals surface area (Å²) in [6, 6.07) is 12.1. The molecule has 0 radical (unpaired) electrons. The maximum Gasteiger partial charge on any atom is 0.429 e. The van der Waals surface area contributed by atoms with Gasteiger partial charge in [-0.15, -0.1) is 0 Å². The lowest BCUT2D eigenvalue weighted by atomic mass is 10.1. The van der Waals surface area contributed by atoms with Gasteiger partial charge in [-0.1, -0.05) is 30.3 Å². The Labute approximate surface area is 137 Å². The molecule has 3 rings (SSSR count). The molecule has 5 heteroatoms. The number of carbonyl (C=O) groups is 1. The van der Waals surface area contributed by atoms with Gasteiger partial charge >= 0.3 is 11.4 Å². The summed E-state index contributed by atoms with van der Waals surface area (Å²) in [5, 5.41) is 0.185. The molecule has 0 saturated heterocycles. The van der Waals surface area contributed by atoms with E-state index in [-0.39, 0.29) is 10.9 Å². The predicted octanol–water partition coefficient (Wildman–Crippen LogP) is 2.93. The normalized spacial score (nSPS) is 11.2. The monoisotopic (exact) mass is 321 g/mol. The van der Waals surface area contributed by atoms with Gasteiger partial charge in [-0.2, -0.15) is 0 Å². The Balaban J connectivity index is 2.06. The topological polar surface area (TPSA) is 69.3 Å². The summed E-state index contributed by atoms with van der Waals surface area (Å²) in [5.74, 6) is -1.56. The van der Waals surface area contributed by atoms with Crippen LogP contribution in [0.3, 0.4) is 0 Å². The Morgan fingerprint density at radius 1 is 1.04 bits per heavy atom. The number of nitrogens with zero attached hydrogens (tertiary/aromatic N) is 1. The minimum atomic E-state index is -0.992. The van der Waals surface area contributed by atoms with Crippen LogP contribution < -0.4 is 11.4 Å². The summed E-state index contributed by atoms with van der Waals surface area (Å²) in [6.45, 7) is 3.99. The minimum Gasteiger partial charge on any atom is -0.372 e. The molecule has 0 N–H and O–H groups in total. The van der Waals surface area contributed by atoms with E-state index in [9.17, 15) is 14.4 Å². The molecule has 3 aromatic rings. The summed E-state index contributed by atoms with van der Waals surface area (Å²) in [5.41, 5.74) is 2.59. The van der Waals surface area contributed by atoms with Gasteiger partial charge in [-0.3, -0.25) is 4.79 Å². The van der Waals surface area contributed by atoms with Crippen molar-refractivity contribution in [1.29, 1.82) is 0 Å². The van der Waals surface area contributed by atoms with E-state index >= 15 is 0 Å². The third-order valence-corrected chi connectivity index (χ3v) is 3.90. The van der Waals surface area contributed by atoms with Crippen LogP contribution in [-0.2, 0) is 0 Å². The van der Waals surface area contributed by atoms with Gasteiger partial charge in [0.2, 0.25) is 0 Å². The largest absolute Gasteiger partial charge is 0.429 e. The highest BCUT2D eigenvalue weighted by atomic mass is 16.4. The quantitative estimate of drug-likeness (QED) is 0.681. The number of aromatic nitrogens is 1. The van der Waals surface area contributed by atoms with Crippen LogP contribution in [0.4, 0.5) is 0 Å². The molecular formula is C19H15NO4. The van der Waals surface area contributed by atoms with Crippen molar-refractivity contribution in [2.45, 2.75) is 13.8 Å². The van der Waals surface area contributed by atoms with Crippen LogP contribution in [-0.4, -0.2) is 10.5 Å². The van der Waals surface area contributed by atoms with Crippen molar-refractivity contribution in [3.63, 3.8) is 0 Å². The van der Waals surface area contributed by atoms with E-state index < -0.39 is 17.3 Å². The molecule has 24 heavy (non-hydrogen) atoms. The van der Waals surface area contributed by atoms with Crippen LogP contribution in [0.15, 0.2) is 62.5 Å². The first-order valence-corrected chi connectivity index (χ1v) is 7.42. The Morgan fingerprint density at radius 2 is 1.79 bits per heavy atom. The van der Waals surface area contributed by atoms with Crippen LogP contribution in [0.25, 0.3) is 17.0 Å². The average Bonchev–Trinajstić information content (AvgIpc) is 2.56. The lowest BCUT2D eigenvalue weighted by Crippen LogP contribution is -2.29. The third-order valence-electron chi connectivity index (χ3n) is 3.90. The number of benzene rings is 2. The third kappa shape index (κ3) is 2.84. The van der Waals surface area contributed by atoms with E-state index in [0.717, 1.165) is 21.3 Å². The fourth-order valence-electron chi connectivity index (χ4n) is 2.44. The van der Waals surface area contributed by atoms with Crippen LogP contribution in [0, 0.1) is 13.8 Å². The number of aryl methyl sites for hydroxylation is 2. The SMILES string of the molecule is Cc1ccc(/C=C/C(=O)n2c(=O)oc(=O)c3ccccc32)cc1C. The summed E-state index contributed by atoms with van der Waals surface area (Å²) in [7, 11) is 0. The van der Waals surface area contributed by atoms with Gasteiger partial charge in [0.1, 0.15) is 0 Å². The van der Waals surface area contributed by atoms with Gasteiger partial charge in [0, 0.05) is 6.08 Å². The first-order chi connectivity index (χ1) is 11.5. The van der Waals surface area contributed by atoms with Crippen LogP contribution in [0.1, 0.15) is 21.5 Å². The van der Waals surface area contributed by atoms with Gasteiger partial charge in [-0.25, -0.2) is 14.2 Å². The minimum absolute atomic E-state index is 0.185. The van der Waals surface area contributed by atoms with Crippen molar-refractivity contribution in [3.8, 4) is 0 Å². The lowest BCUT2D eigenvalue weighted by molar-refractivity contribution is 0.0961. The predicted molar refractivity (Wildman–Crippen MR) is 92.3 cm³/mol. The maximum atomic E-state index is 12.4. The number of rotatable bonds is 2. The number of carbonyl (C=O) groups excluding carboxylic acids is 1. The second-order valence-corrected chi connectivity index (χ2v) is 5.52. The van der Waals surface area contributed by atoms with Crippen molar-refractivity contribution >= 4 is 22.9 Å². The molecule has 0 amide bonds. The highest BCUT2D eigenvalue weighted by Crippen LogP contribution is 2.12. The summed E-state index contributed by atoms with van der Waals surface area (Å²) < 4.78 is 5.48. The van der Waals surface area contributed by atoms with Crippen molar-refractivity contribution in [2.75, 3.05) is 0 Å². The smallest absolute Gasteiger partial charge is 0.372 e. The summed E-state index contributed by atoms with van der Waals surface area (Å²) in [4.78, 5) is 36.1. The molecule has 2 aromatic carbocycles. The van der Waals surface area contributed by atoms with E-state index in [4.69, 9.17) is 0 Å². The van der Waals surface area contributed by atoms with Crippen molar-refractivity contribution < 1.29 is 9.21 Å². The van der Waals surface area contributed by atoms with Crippen molar-refractivity contribution in [3.05, 3.63) is 86.2 Å². The molecule has 0 unspecified atom stereocenters. The molecule has 0 atom stereocenters. The summed E-state index contributed by atoms with van der Waals surface area (Å²) >= 11 is 0. The van der Waals surface area contributed by atoms with Crippen molar-refractivity contribution in [1.82, 2.24) is 4.57 Å². The number of allylic oxidation sites excluding steroid dienone is 1. The molecule has 0 aliphatic rings. The molecule has 1 aromatic heterocycles. The van der Waals surface area contributed by atoms with Crippen LogP contribution in [0.2, 0.25) is 0 Å². The molecule has 5 nitrogen and oxygen atoms in total. The fraction of sp³-hybridized carbons (Fsp3) is 0.105. The molecule has 0 spiro atoms. The molecule has 0 aliphatic heterocycles. The van der Waals surface area contributed by atoms with Crippen LogP contribution in [0.5, 0.6) is 0 Å². The van der Waals surface area contributed by atoms with Crippen molar-refractivity contribution in [2.24, 2.45) is 0 Å². The Hall–Kier alpha value is -3.21. The van der Waals surface area contributed by atoms with Gasteiger partial charge in [0.05, 0.1) is 10.9 Å². The molecular weight excluding hydrogens is 306 g/mol. The maximum absolute atomic E-state index is 12.4. The average molecular weight is 321 g/mol. The van der Waals surface area contributed by atoms with Gasteiger partial charge in [-0.05, 0) is 48.7 Å². The second-order valence-electron chi connectivity index (χ2n) is 5.52. The molecule has 0 saturated carbocycles. The first kappa shape index (κ1) is 15.7. The highest BCUT2D eigenvalue weighted by molar-refractivity contribution is 5.98. The standard InChI is InChI=1S/C19H15NO4/c1-12-7-8-14(11-13(12)2)9-10-17(21)20-16-6-4-3-5-15(16)18(22)24-19(20)23/h3-11H,1-2H3/b10-9+. The van der Waals surface area contributed by atoms with E-state index in [0.29, 0.717) is 0 Å². The first-order valence-electron chi connectivity index (χ1n) is 7.42. The lowest BCUT2D eigenvalue weighted by Gasteiger charge is -2.04. The zero-order chi connectivity index (χ0) is 17.3.